The van der Waals surface area contributed by atoms with Gasteiger partial charge in [-0.25, -0.2) is 0 Å². The van der Waals surface area contributed by atoms with Crippen LogP contribution < -0.4 is 51.1 Å². The van der Waals surface area contributed by atoms with Crippen molar-refractivity contribution in [3.63, 3.8) is 0 Å². The third-order valence-electron chi connectivity index (χ3n) is 0. The van der Waals surface area contributed by atoms with Crippen molar-refractivity contribution in [1.82, 2.24) is 0 Å². The van der Waals surface area contributed by atoms with E-state index in [4.69, 9.17) is 75.0 Å². The van der Waals surface area contributed by atoms with Gasteiger partial charge in [0.1, 0.15) is 0 Å². The maximum absolute atomic E-state index is 8.33. The average molecular weight is 656 g/mol. The zero-order valence-electron chi connectivity index (χ0n) is 11.2. The van der Waals surface area contributed by atoms with Crippen LogP contribution in [-0.4, -0.2) is 163 Å². The summed E-state index contributed by atoms with van der Waals surface area (Å²) in [5.74, 6) is 0. The van der Waals surface area contributed by atoms with Crippen LogP contribution in [0.25, 0.3) is 0 Å². The average Bonchev–Trinajstić information content (AvgIpc) is 1.94. The van der Waals surface area contributed by atoms with Gasteiger partial charge in [-0.3, -0.25) is 0 Å². The second kappa shape index (κ2) is 49.7. The van der Waals surface area contributed by atoms with Gasteiger partial charge < -0.3 is 75.0 Å². The van der Waals surface area contributed by atoms with Crippen LogP contribution in [0, 0.1) is 0 Å². The molecule has 0 fully saturated rings. The van der Waals surface area contributed by atoms with Gasteiger partial charge in [0, 0.05) is 0 Å². The summed E-state index contributed by atoms with van der Waals surface area (Å²) < 4.78 is 0. The number of carboxylic acid groups (broad SMARTS) is 10. The molecule has 0 saturated heterocycles. The minimum absolute atomic E-state index is 0. The quantitative estimate of drug-likeness (QED) is 0.219. The first-order chi connectivity index (χ1) is 8.66. The number of carbonyl (C=O) groups excluding carboxylic acids is 5. The van der Waals surface area contributed by atoms with Gasteiger partial charge in [-0.05, 0) is 30.8 Å². The Labute approximate surface area is 258 Å². The maximum Gasteiger partial charge on any atom is 4.00 e. The van der Waals surface area contributed by atoms with Crippen LogP contribution in [0.3, 0.4) is 0 Å². The first-order valence-electron chi connectivity index (χ1n) is 3.06. The molecule has 0 heterocycles. The number of hydrogen-bond donors (Lipinski definition) is 0. The van der Waals surface area contributed by atoms with E-state index in [0.29, 0.717) is 0 Å². The molecule has 0 aliphatic carbocycles. The summed E-state index contributed by atoms with van der Waals surface area (Å²) in [7, 11) is 0. The molecule has 0 radical (unpaired) electrons. The van der Waals surface area contributed by atoms with Crippen molar-refractivity contribution in [1.29, 1.82) is 0 Å². The summed E-state index contributed by atoms with van der Waals surface area (Å²) in [5, 5.41) is 83.3. The molecular formula is C5BaCaO15SrZr. The second-order valence-electron chi connectivity index (χ2n) is 1.25. The Bertz CT molecular complexity index is 225. The van der Waals surface area contributed by atoms with Crippen molar-refractivity contribution < 1.29 is 101 Å². The van der Waals surface area contributed by atoms with Crippen LogP contribution in [-0.2, 0) is 26.2 Å². The molecule has 0 atom stereocenters. The van der Waals surface area contributed by atoms with E-state index in [9.17, 15) is 0 Å². The molecule has 0 aromatic heterocycles. The van der Waals surface area contributed by atoms with Gasteiger partial charge in [0.15, 0.2) is 0 Å². The van der Waals surface area contributed by atoms with Gasteiger partial charge >= 0.3 is 158 Å². The second-order valence-corrected chi connectivity index (χ2v) is 1.25. The molecule has 0 rings (SSSR count). The van der Waals surface area contributed by atoms with Gasteiger partial charge in [-0.1, -0.05) is 0 Å². The number of hydrogen-bond acceptors (Lipinski definition) is 15. The van der Waals surface area contributed by atoms with Crippen molar-refractivity contribution in [2.24, 2.45) is 0 Å². The van der Waals surface area contributed by atoms with E-state index >= 15 is 0 Å². The molecule has 0 unspecified atom stereocenters. The molecule has 0 aliphatic rings. The smallest absolute Gasteiger partial charge is 0.652 e. The van der Waals surface area contributed by atoms with E-state index in [2.05, 4.69) is 0 Å². The van der Waals surface area contributed by atoms with Crippen LogP contribution in [0.4, 0.5) is 24.0 Å². The number of rotatable bonds is 0. The fourth-order valence-electron chi connectivity index (χ4n) is 0. The Kier molecular flexibility index (Phi) is 116. The molecule has 0 saturated carbocycles. The van der Waals surface area contributed by atoms with Crippen molar-refractivity contribution in [3.05, 3.63) is 0 Å². The summed E-state index contributed by atoms with van der Waals surface area (Å²) in [5.41, 5.74) is 0. The van der Waals surface area contributed by atoms with Crippen molar-refractivity contribution in [3.8, 4) is 0 Å². The molecule has 0 spiro atoms. The topological polar surface area (TPSA) is 316 Å². The van der Waals surface area contributed by atoms with Gasteiger partial charge in [-0.2, -0.15) is 0 Å². The van der Waals surface area contributed by atoms with E-state index in [-0.39, 0.29) is 158 Å². The zero-order valence-corrected chi connectivity index (χ0v) is 23.8. The summed E-state index contributed by atoms with van der Waals surface area (Å²) in [6.07, 6.45) is -11.7. The normalized spacial score (nSPS) is 5.00. The Balaban J connectivity index is -0.0000000161. The Morgan fingerprint density at radius 2 is 0.417 bits per heavy atom. The van der Waals surface area contributed by atoms with E-state index in [0.717, 1.165) is 0 Å². The third-order valence-corrected chi connectivity index (χ3v) is 0. The Morgan fingerprint density at radius 3 is 0.417 bits per heavy atom. The summed E-state index contributed by atoms with van der Waals surface area (Å²) >= 11 is 0. The number of carbonyl (C=O) groups is 5. The molecule has 24 heavy (non-hydrogen) atoms. The Hall–Kier alpha value is 1.54. The van der Waals surface area contributed by atoms with Gasteiger partial charge in [0.05, 0.1) is 0 Å². The monoisotopic (exact) mass is 656 g/mol. The van der Waals surface area contributed by atoms with Crippen LogP contribution in [0.2, 0.25) is 0 Å². The van der Waals surface area contributed by atoms with Crippen molar-refractivity contribution in [2.45, 2.75) is 0 Å². The molecule has 0 aromatic rings. The van der Waals surface area contributed by atoms with E-state index in [1.807, 2.05) is 0 Å². The van der Waals surface area contributed by atoms with Crippen LogP contribution in [0.1, 0.15) is 0 Å². The largest absolute Gasteiger partial charge is 4.00 e. The fourth-order valence-corrected chi connectivity index (χ4v) is 0. The summed E-state index contributed by atoms with van der Waals surface area (Å²) in [6, 6.07) is 0. The standard InChI is InChI=1S/5CH2O3.Ba.Ca.Sr.Zr/c5*2-1(3)4;;;;/h5*(H2,2,3,4);;;;/q;;;;;3*+2;+4/p-10. The maximum atomic E-state index is 8.33. The summed E-state index contributed by atoms with van der Waals surface area (Å²) in [6.45, 7) is 0. The molecule has 120 valence electrons. The molecule has 0 N–H and O–H groups in total. The molecule has 19 heteroatoms. The molecule has 0 aliphatic heterocycles. The first kappa shape index (κ1) is 56.2. The van der Waals surface area contributed by atoms with Gasteiger partial charge in [0.2, 0.25) is 0 Å². The first-order valence-corrected chi connectivity index (χ1v) is 3.06. The van der Waals surface area contributed by atoms with E-state index < -0.39 is 30.8 Å². The van der Waals surface area contributed by atoms with E-state index in [1.54, 1.807) is 0 Å². The van der Waals surface area contributed by atoms with Crippen LogP contribution in [0.5, 0.6) is 0 Å². The SMILES string of the molecule is O=C([O-])[O-].O=C([O-])[O-].O=C([O-])[O-].O=C([O-])[O-].O=C([O-])[O-].[Ba+2].[Ca+2].[Sr+2].[Zr+4]. The molecule has 15 nitrogen and oxygen atoms in total. The van der Waals surface area contributed by atoms with Crippen molar-refractivity contribution in [2.75, 3.05) is 0 Å². The predicted octanol–water partition coefficient (Wildman–Crippen LogP) is -13.4. The van der Waals surface area contributed by atoms with Gasteiger partial charge in [-0.15, -0.1) is 0 Å². The minimum Gasteiger partial charge on any atom is -0.652 e. The third kappa shape index (κ3) is 5010. The molecule has 0 bridgehead atoms. The zero-order chi connectivity index (χ0) is 17.9. The molecular weight excluding hydrogens is 656 g/mol. The minimum atomic E-state index is -2.33. The fraction of sp³-hybridized carbons (Fsp3) is 0. The molecule has 0 amide bonds. The van der Waals surface area contributed by atoms with Crippen molar-refractivity contribution >= 4 is 163 Å². The van der Waals surface area contributed by atoms with E-state index in [1.165, 1.54) is 0 Å². The Morgan fingerprint density at radius 1 is 0.417 bits per heavy atom. The molecule has 0 aromatic carbocycles. The predicted molar refractivity (Wildman–Crippen MR) is 44.2 cm³/mol. The van der Waals surface area contributed by atoms with Crippen LogP contribution in [0.15, 0.2) is 0 Å². The van der Waals surface area contributed by atoms with Gasteiger partial charge in [0.25, 0.3) is 0 Å². The van der Waals surface area contributed by atoms with Crippen LogP contribution >= 0.6 is 0 Å². The summed E-state index contributed by atoms with van der Waals surface area (Å²) in [4.78, 5) is 41.7.